The molecule has 0 N–H and O–H groups in total. The van der Waals surface area contributed by atoms with Gasteiger partial charge in [0, 0.05) is 46.3 Å². The van der Waals surface area contributed by atoms with Crippen molar-refractivity contribution in [3.63, 3.8) is 0 Å². The summed E-state index contributed by atoms with van der Waals surface area (Å²) in [6.45, 7) is -0.599. The van der Waals surface area contributed by atoms with Crippen molar-refractivity contribution in [2.45, 2.75) is 0 Å². The number of hydrogen-bond donors (Lipinski definition) is 0. The van der Waals surface area contributed by atoms with Crippen molar-refractivity contribution in [3.05, 3.63) is 188 Å². The molecule has 0 aliphatic carbocycles. The van der Waals surface area contributed by atoms with Gasteiger partial charge in [-0.15, -0.1) is 0 Å². The van der Waals surface area contributed by atoms with Gasteiger partial charge in [-0.05, 0) is 101 Å². The second kappa shape index (κ2) is 12.5. The molecule has 15 rings (SSSR count). The van der Waals surface area contributed by atoms with Crippen molar-refractivity contribution >= 4 is 103 Å². The summed E-state index contributed by atoms with van der Waals surface area (Å²) in [5.74, 6) is 4.06. The number of para-hydroxylation sites is 6. The van der Waals surface area contributed by atoms with E-state index in [1.165, 1.54) is 0 Å². The normalized spacial score (nSPS) is 18.8. The molecule has 2 unspecified atom stereocenters. The summed E-state index contributed by atoms with van der Waals surface area (Å²) < 4.78 is 61.4. The van der Waals surface area contributed by atoms with Crippen LogP contribution in [0.5, 0.6) is 46.0 Å². The molecular formula is C54H31BN2O6P2. The average molecular weight is 877 g/mol. The lowest BCUT2D eigenvalue weighted by Gasteiger charge is -2.47. The predicted molar refractivity (Wildman–Crippen MR) is 260 cm³/mol. The standard InChI is InChI=1S/C54H31BN2O6P2/c58-64-44-26-11-7-22-38(44)60-42-30-36-49(51(53(42)64)62-40-24-9-13-28-46(40)64)55-48-34(56(36)32-16-3-1-4-17-32)20-15-21-35(48)57(33-18-5-2-6-19-33)37-31-43-54-52(50(37)55)63-41-25-10-14-29-47(41)65(54,59)45-27-12-8-23-39(45)61-43/h1-31H. The fraction of sp³-hybridized carbons (Fsp3) is 0. The monoisotopic (exact) mass is 876 g/mol. The maximum Gasteiger partial charge on any atom is 0.261 e. The van der Waals surface area contributed by atoms with Crippen LogP contribution in [0.15, 0.2) is 188 Å². The van der Waals surface area contributed by atoms with Crippen molar-refractivity contribution in [2.24, 2.45) is 0 Å². The smallest absolute Gasteiger partial charge is 0.261 e. The minimum absolute atomic E-state index is 0.476. The van der Waals surface area contributed by atoms with Crippen molar-refractivity contribution in [1.82, 2.24) is 0 Å². The summed E-state index contributed by atoms with van der Waals surface area (Å²) in [5, 5.41) is 3.55. The zero-order chi connectivity index (χ0) is 42.8. The SMILES string of the molecule is O=P12c3ccccc3Oc3cc4c(c(c31)Oc1ccccc12)B1c2c(cccc2N(c2ccccc2)c2cc3c5c(c21)Oc1ccccc1P5(=O)c1ccccc1O3)N4c1ccccc1. The Morgan fingerprint density at radius 1 is 0.338 bits per heavy atom. The molecule has 6 aliphatic rings. The molecule has 6 aliphatic heterocycles. The van der Waals surface area contributed by atoms with Crippen LogP contribution in [0.3, 0.4) is 0 Å². The summed E-state index contributed by atoms with van der Waals surface area (Å²) in [5.41, 5.74) is 7.90. The lowest BCUT2D eigenvalue weighted by atomic mass is 9.33. The zero-order valence-electron chi connectivity index (χ0n) is 34.2. The van der Waals surface area contributed by atoms with Gasteiger partial charge < -0.3 is 37.9 Å². The average Bonchev–Trinajstić information content (AvgIpc) is 3.34. The maximum atomic E-state index is 16.6. The Morgan fingerprint density at radius 2 is 0.692 bits per heavy atom. The molecule has 11 heteroatoms. The fourth-order valence-electron chi connectivity index (χ4n) is 11.2. The van der Waals surface area contributed by atoms with Gasteiger partial charge in [-0.3, -0.25) is 0 Å². The van der Waals surface area contributed by atoms with Crippen LogP contribution in [-0.4, -0.2) is 6.71 Å². The molecule has 6 heterocycles. The van der Waals surface area contributed by atoms with E-state index >= 15 is 9.13 Å². The van der Waals surface area contributed by atoms with Gasteiger partial charge in [0.1, 0.15) is 56.6 Å². The largest absolute Gasteiger partial charge is 0.456 e. The second-order valence-electron chi connectivity index (χ2n) is 17.0. The minimum Gasteiger partial charge on any atom is -0.456 e. The predicted octanol–water partition coefficient (Wildman–Crippen LogP) is 9.47. The van der Waals surface area contributed by atoms with E-state index in [4.69, 9.17) is 18.9 Å². The van der Waals surface area contributed by atoms with E-state index in [-0.39, 0.29) is 0 Å². The van der Waals surface area contributed by atoms with Gasteiger partial charge in [-0.1, -0.05) is 91.0 Å². The number of anilines is 6. The molecule has 2 atom stereocenters. The van der Waals surface area contributed by atoms with E-state index in [1.807, 2.05) is 146 Å². The van der Waals surface area contributed by atoms with E-state index < -0.39 is 21.0 Å². The van der Waals surface area contributed by atoms with Gasteiger partial charge in [0.05, 0.1) is 21.2 Å². The molecule has 0 saturated heterocycles. The molecule has 9 aromatic carbocycles. The summed E-state index contributed by atoms with van der Waals surface area (Å²) in [4.78, 5) is 4.53. The molecular weight excluding hydrogens is 845 g/mol. The number of hydrogen-bond acceptors (Lipinski definition) is 8. The topological polar surface area (TPSA) is 77.5 Å². The molecule has 0 aromatic heterocycles. The Balaban J connectivity index is 1.13. The molecule has 0 saturated carbocycles. The van der Waals surface area contributed by atoms with Crippen LogP contribution in [0.1, 0.15) is 0 Å². The number of ether oxygens (including phenoxy) is 4. The van der Waals surface area contributed by atoms with Crippen LogP contribution in [0.2, 0.25) is 0 Å². The Hall–Kier alpha value is -7.70. The van der Waals surface area contributed by atoms with Gasteiger partial charge in [0.15, 0.2) is 14.3 Å². The van der Waals surface area contributed by atoms with Gasteiger partial charge in [-0.2, -0.15) is 0 Å². The third kappa shape index (κ3) is 4.40. The van der Waals surface area contributed by atoms with Crippen molar-refractivity contribution < 1.29 is 28.1 Å². The van der Waals surface area contributed by atoms with Gasteiger partial charge in [0.2, 0.25) is 0 Å². The number of rotatable bonds is 2. The lowest BCUT2D eigenvalue weighted by molar-refractivity contribution is 0.464. The van der Waals surface area contributed by atoms with Crippen LogP contribution in [0.25, 0.3) is 0 Å². The van der Waals surface area contributed by atoms with Gasteiger partial charge >= 0.3 is 0 Å². The third-order valence-corrected chi connectivity index (χ3v) is 20.0. The first kappa shape index (κ1) is 35.7. The number of nitrogens with zero attached hydrogens (tertiary/aromatic N) is 2. The molecule has 0 amide bonds. The van der Waals surface area contributed by atoms with Crippen LogP contribution in [0.4, 0.5) is 34.1 Å². The molecule has 0 radical (unpaired) electrons. The molecule has 0 spiro atoms. The van der Waals surface area contributed by atoms with E-state index in [0.717, 1.165) is 50.5 Å². The molecule has 8 nitrogen and oxygen atoms in total. The summed E-state index contributed by atoms with van der Waals surface area (Å²) >= 11 is 0. The van der Waals surface area contributed by atoms with Crippen LogP contribution < -0.4 is 77.0 Å². The lowest BCUT2D eigenvalue weighted by Crippen LogP contribution is -2.63. The van der Waals surface area contributed by atoms with E-state index in [9.17, 15) is 0 Å². The van der Waals surface area contributed by atoms with Gasteiger partial charge in [-0.25, -0.2) is 0 Å². The second-order valence-corrected chi connectivity index (χ2v) is 22.2. The first-order chi connectivity index (χ1) is 32.0. The molecule has 0 fully saturated rings. The van der Waals surface area contributed by atoms with E-state index in [1.54, 1.807) is 0 Å². The van der Waals surface area contributed by atoms with E-state index in [2.05, 4.69) is 52.3 Å². The maximum absolute atomic E-state index is 16.6. The highest BCUT2D eigenvalue weighted by molar-refractivity contribution is 7.86. The highest BCUT2D eigenvalue weighted by Gasteiger charge is 2.56. The van der Waals surface area contributed by atoms with Crippen LogP contribution in [-0.2, 0) is 9.13 Å². The summed E-state index contributed by atoms with van der Waals surface area (Å²) in [6.07, 6.45) is 0. The van der Waals surface area contributed by atoms with E-state index in [0.29, 0.717) is 77.8 Å². The van der Waals surface area contributed by atoms with Crippen molar-refractivity contribution in [2.75, 3.05) is 9.80 Å². The highest BCUT2D eigenvalue weighted by Crippen LogP contribution is 2.62. The number of fused-ring (bicyclic) bond motifs is 14. The number of benzene rings is 9. The van der Waals surface area contributed by atoms with Crippen molar-refractivity contribution in [1.29, 1.82) is 0 Å². The summed E-state index contributed by atoms with van der Waals surface area (Å²) in [6, 6.07) is 61.7. The zero-order valence-corrected chi connectivity index (χ0v) is 36.0. The first-order valence-electron chi connectivity index (χ1n) is 21.6. The van der Waals surface area contributed by atoms with Crippen LogP contribution >= 0.6 is 14.3 Å². The van der Waals surface area contributed by atoms with Gasteiger partial charge in [0.25, 0.3) is 6.71 Å². The minimum atomic E-state index is -3.62. The third-order valence-electron chi connectivity index (χ3n) is 13.7. The molecule has 9 aromatic rings. The van der Waals surface area contributed by atoms with Crippen molar-refractivity contribution in [3.8, 4) is 46.0 Å². The Kier molecular flexibility index (Phi) is 6.88. The quantitative estimate of drug-likeness (QED) is 0.126. The Labute approximate surface area is 373 Å². The summed E-state index contributed by atoms with van der Waals surface area (Å²) in [7, 11) is -7.23. The highest BCUT2D eigenvalue weighted by atomic mass is 31.2. The Bertz CT molecular complexity index is 3460. The first-order valence-corrected chi connectivity index (χ1v) is 25.0. The fourth-order valence-corrected chi connectivity index (χ4v) is 17.3. The van der Waals surface area contributed by atoms with Crippen LogP contribution in [0, 0.1) is 0 Å². The Morgan fingerprint density at radius 3 is 1.09 bits per heavy atom. The molecule has 0 bridgehead atoms. The molecule has 306 valence electrons. The molecule has 65 heavy (non-hydrogen) atoms.